The van der Waals surface area contributed by atoms with E-state index in [1.165, 1.54) is 19.3 Å². The van der Waals surface area contributed by atoms with Crippen LogP contribution in [-0.2, 0) is 11.8 Å². The number of aryl methyl sites for hydroxylation is 1. The topological polar surface area (TPSA) is 56.1 Å². The molecule has 3 rings (SSSR count). The Morgan fingerprint density at radius 1 is 1.32 bits per heavy atom. The Hall–Kier alpha value is -2.30. The minimum atomic E-state index is -0.313. The quantitative estimate of drug-likeness (QED) is 0.873. The molecule has 1 fully saturated rings. The molecule has 25 heavy (non-hydrogen) atoms. The molecule has 0 aliphatic heterocycles. The standard InChI is InChI=1S/C20H27N3O2/c1-23-13-12-21-20(23)19(16-10-6-7-11-17(16)25-2)22-18(24)14-15-8-4-3-5-9-15/h6-7,10-13,15,19H,3-5,8-9,14H2,1-2H3,(H,22,24)/t19-/m1/s1. The van der Waals surface area contributed by atoms with Crippen LogP contribution in [0.4, 0.5) is 0 Å². The third-order valence-corrected chi connectivity index (χ3v) is 5.07. The maximum Gasteiger partial charge on any atom is 0.221 e. The van der Waals surface area contributed by atoms with Gasteiger partial charge in [0.25, 0.3) is 0 Å². The molecular formula is C20H27N3O2. The molecule has 1 aromatic heterocycles. The van der Waals surface area contributed by atoms with Crippen LogP contribution >= 0.6 is 0 Å². The predicted octanol–water partition coefficient (Wildman–Crippen LogP) is 3.60. The first-order valence-corrected chi connectivity index (χ1v) is 9.08. The largest absolute Gasteiger partial charge is 0.496 e. The summed E-state index contributed by atoms with van der Waals surface area (Å²) in [4.78, 5) is 17.2. The molecule has 1 aliphatic rings. The number of carbonyl (C=O) groups excluding carboxylic acids is 1. The predicted molar refractivity (Wildman–Crippen MR) is 97.4 cm³/mol. The molecule has 1 N–H and O–H groups in total. The molecule has 0 spiro atoms. The van der Waals surface area contributed by atoms with Crippen LogP contribution in [0.3, 0.4) is 0 Å². The summed E-state index contributed by atoms with van der Waals surface area (Å²) in [6, 6.07) is 7.48. The van der Waals surface area contributed by atoms with Crippen molar-refractivity contribution < 1.29 is 9.53 Å². The Balaban J connectivity index is 1.82. The number of rotatable bonds is 6. The van der Waals surface area contributed by atoms with Crippen molar-refractivity contribution in [3.05, 3.63) is 48.0 Å². The monoisotopic (exact) mass is 341 g/mol. The lowest BCUT2D eigenvalue weighted by Crippen LogP contribution is -2.32. The Morgan fingerprint density at radius 2 is 2.08 bits per heavy atom. The summed E-state index contributed by atoms with van der Waals surface area (Å²) in [7, 11) is 3.59. The van der Waals surface area contributed by atoms with Gasteiger partial charge in [0.05, 0.1) is 7.11 Å². The molecule has 0 radical (unpaired) electrons. The van der Waals surface area contributed by atoms with Crippen molar-refractivity contribution in [3.63, 3.8) is 0 Å². The smallest absolute Gasteiger partial charge is 0.221 e. The second kappa shape index (κ2) is 8.19. The van der Waals surface area contributed by atoms with Gasteiger partial charge in [0.15, 0.2) is 0 Å². The van der Waals surface area contributed by atoms with E-state index in [9.17, 15) is 4.79 Å². The zero-order chi connectivity index (χ0) is 17.6. The van der Waals surface area contributed by atoms with Gasteiger partial charge < -0.3 is 14.6 Å². The minimum Gasteiger partial charge on any atom is -0.496 e. The summed E-state index contributed by atoms with van der Waals surface area (Å²) in [6.07, 6.45) is 10.4. The van der Waals surface area contributed by atoms with E-state index in [1.54, 1.807) is 13.3 Å². The summed E-state index contributed by atoms with van der Waals surface area (Å²) in [5, 5.41) is 3.20. The molecule has 1 heterocycles. The van der Waals surface area contributed by atoms with Crippen LogP contribution in [0.15, 0.2) is 36.7 Å². The Kier molecular flexibility index (Phi) is 5.74. The summed E-state index contributed by atoms with van der Waals surface area (Å²) < 4.78 is 7.45. The SMILES string of the molecule is COc1ccccc1[C@@H](NC(=O)CC1CCCCC1)c1nccn1C. The lowest BCUT2D eigenvalue weighted by molar-refractivity contribution is -0.122. The highest BCUT2D eigenvalue weighted by atomic mass is 16.5. The van der Waals surface area contributed by atoms with E-state index in [-0.39, 0.29) is 11.9 Å². The molecule has 0 saturated heterocycles. The van der Waals surface area contributed by atoms with Crippen molar-refractivity contribution in [3.8, 4) is 5.75 Å². The van der Waals surface area contributed by atoms with Crippen molar-refractivity contribution in [2.45, 2.75) is 44.6 Å². The average Bonchev–Trinajstić information content (AvgIpc) is 3.06. The van der Waals surface area contributed by atoms with Gasteiger partial charge in [-0.05, 0) is 24.8 Å². The molecular weight excluding hydrogens is 314 g/mol. The number of para-hydroxylation sites is 1. The number of hydrogen-bond acceptors (Lipinski definition) is 3. The molecule has 0 bridgehead atoms. The van der Waals surface area contributed by atoms with E-state index in [4.69, 9.17) is 4.74 Å². The van der Waals surface area contributed by atoms with E-state index in [0.717, 1.165) is 30.0 Å². The number of ether oxygens (including phenoxy) is 1. The molecule has 5 heteroatoms. The van der Waals surface area contributed by atoms with Gasteiger partial charge in [-0.15, -0.1) is 0 Å². The Bertz CT molecular complexity index is 704. The number of imidazole rings is 1. The van der Waals surface area contributed by atoms with Crippen LogP contribution in [0, 0.1) is 5.92 Å². The first-order valence-electron chi connectivity index (χ1n) is 9.08. The van der Waals surface area contributed by atoms with E-state index in [0.29, 0.717) is 12.3 Å². The highest BCUT2D eigenvalue weighted by molar-refractivity contribution is 5.77. The molecule has 1 atom stereocenters. The maximum atomic E-state index is 12.7. The fraction of sp³-hybridized carbons (Fsp3) is 0.500. The lowest BCUT2D eigenvalue weighted by Gasteiger charge is -2.24. The molecule has 0 unspecified atom stereocenters. The fourth-order valence-electron chi connectivity index (χ4n) is 3.71. The van der Waals surface area contributed by atoms with Crippen LogP contribution < -0.4 is 10.1 Å². The second-order valence-electron chi connectivity index (χ2n) is 6.85. The number of carbonyl (C=O) groups is 1. The second-order valence-corrected chi connectivity index (χ2v) is 6.85. The van der Waals surface area contributed by atoms with E-state index in [1.807, 2.05) is 42.1 Å². The van der Waals surface area contributed by atoms with Crippen molar-refractivity contribution in [2.75, 3.05) is 7.11 Å². The number of methoxy groups -OCH3 is 1. The van der Waals surface area contributed by atoms with Gasteiger partial charge >= 0.3 is 0 Å². The van der Waals surface area contributed by atoms with E-state index >= 15 is 0 Å². The van der Waals surface area contributed by atoms with Crippen LogP contribution in [0.2, 0.25) is 0 Å². The van der Waals surface area contributed by atoms with Gasteiger partial charge in [-0.25, -0.2) is 4.98 Å². The van der Waals surface area contributed by atoms with Crippen molar-refractivity contribution in [1.82, 2.24) is 14.9 Å². The summed E-state index contributed by atoms with van der Waals surface area (Å²) in [5.74, 6) is 2.16. The van der Waals surface area contributed by atoms with Gasteiger partial charge in [0.1, 0.15) is 17.6 Å². The van der Waals surface area contributed by atoms with Crippen molar-refractivity contribution in [1.29, 1.82) is 0 Å². The maximum absolute atomic E-state index is 12.7. The molecule has 5 nitrogen and oxygen atoms in total. The first kappa shape index (κ1) is 17.5. The lowest BCUT2D eigenvalue weighted by atomic mass is 9.86. The Morgan fingerprint density at radius 3 is 2.76 bits per heavy atom. The normalized spacial score (nSPS) is 16.4. The minimum absolute atomic E-state index is 0.0887. The highest BCUT2D eigenvalue weighted by Gasteiger charge is 2.25. The number of hydrogen-bond donors (Lipinski definition) is 1. The highest BCUT2D eigenvalue weighted by Crippen LogP contribution is 2.30. The number of nitrogens with zero attached hydrogens (tertiary/aromatic N) is 2. The number of amides is 1. The summed E-state index contributed by atoms with van der Waals surface area (Å²) in [6.45, 7) is 0. The van der Waals surface area contributed by atoms with Gasteiger partial charge in [-0.1, -0.05) is 37.5 Å². The third-order valence-electron chi connectivity index (χ3n) is 5.07. The van der Waals surface area contributed by atoms with E-state index in [2.05, 4.69) is 10.3 Å². The summed E-state index contributed by atoms with van der Waals surface area (Å²) >= 11 is 0. The summed E-state index contributed by atoms with van der Waals surface area (Å²) in [5.41, 5.74) is 0.927. The zero-order valence-corrected chi connectivity index (χ0v) is 15.1. The van der Waals surface area contributed by atoms with Crippen LogP contribution in [-0.4, -0.2) is 22.6 Å². The van der Waals surface area contributed by atoms with Gasteiger partial charge in [-0.2, -0.15) is 0 Å². The van der Waals surface area contributed by atoms with Gasteiger partial charge in [-0.3, -0.25) is 4.79 Å². The molecule has 1 saturated carbocycles. The molecule has 2 aromatic rings. The number of benzene rings is 1. The first-order chi connectivity index (χ1) is 12.2. The molecule has 1 amide bonds. The zero-order valence-electron chi connectivity index (χ0n) is 15.1. The molecule has 1 aliphatic carbocycles. The number of nitrogens with one attached hydrogen (secondary N) is 1. The Labute approximate surface area is 149 Å². The fourth-order valence-corrected chi connectivity index (χ4v) is 3.71. The average molecular weight is 341 g/mol. The molecule has 134 valence electrons. The van der Waals surface area contributed by atoms with Gasteiger partial charge in [0.2, 0.25) is 5.91 Å². The number of aromatic nitrogens is 2. The van der Waals surface area contributed by atoms with Gasteiger partial charge in [0, 0.05) is 31.4 Å². The van der Waals surface area contributed by atoms with Crippen LogP contribution in [0.1, 0.15) is 56.0 Å². The van der Waals surface area contributed by atoms with E-state index < -0.39 is 0 Å². The van der Waals surface area contributed by atoms with Crippen molar-refractivity contribution in [2.24, 2.45) is 13.0 Å². The van der Waals surface area contributed by atoms with Crippen molar-refractivity contribution >= 4 is 5.91 Å². The molecule has 1 aromatic carbocycles. The third kappa shape index (κ3) is 4.21. The van der Waals surface area contributed by atoms with Crippen LogP contribution in [0.25, 0.3) is 0 Å². The van der Waals surface area contributed by atoms with Crippen LogP contribution in [0.5, 0.6) is 5.75 Å².